The third-order valence-electron chi connectivity index (χ3n) is 14.1. The van der Waals surface area contributed by atoms with Crippen molar-refractivity contribution in [3.05, 3.63) is 289 Å². The summed E-state index contributed by atoms with van der Waals surface area (Å²) in [6, 6.07) is 98.2. The summed E-state index contributed by atoms with van der Waals surface area (Å²) in [6.45, 7) is 0. The minimum Gasteiger partial charge on any atom is -0.310 e. The van der Waals surface area contributed by atoms with Crippen molar-refractivity contribution in [3.63, 3.8) is 0 Å². The van der Waals surface area contributed by atoms with Crippen LogP contribution < -0.4 is 4.90 Å². The number of rotatable bonds is 8. The van der Waals surface area contributed by atoms with Crippen molar-refractivity contribution in [1.82, 2.24) is 4.57 Å². The van der Waals surface area contributed by atoms with Crippen molar-refractivity contribution < 1.29 is 0 Å². The summed E-state index contributed by atoms with van der Waals surface area (Å²) in [4.78, 5) is 2.44. The van der Waals surface area contributed by atoms with E-state index in [1.165, 1.54) is 82.7 Å². The Bertz CT molecular complexity index is 3780. The third kappa shape index (κ3) is 6.11. The van der Waals surface area contributed by atoms with Crippen LogP contribution in [0.5, 0.6) is 0 Å². The van der Waals surface area contributed by atoms with Gasteiger partial charge >= 0.3 is 0 Å². The molecule has 67 heavy (non-hydrogen) atoms. The molecule has 0 radical (unpaired) electrons. The second-order valence-electron chi connectivity index (χ2n) is 17.6. The van der Waals surface area contributed by atoms with E-state index in [0.717, 1.165) is 28.3 Å². The molecule has 314 valence electrons. The molecule has 0 amide bonds. The first kappa shape index (κ1) is 38.7. The van der Waals surface area contributed by atoms with Crippen LogP contribution >= 0.6 is 0 Å². The topological polar surface area (TPSA) is 8.17 Å². The van der Waals surface area contributed by atoms with E-state index < -0.39 is 5.41 Å². The normalized spacial score (nSPS) is 14.0. The predicted molar refractivity (Wildman–Crippen MR) is 281 cm³/mol. The van der Waals surface area contributed by atoms with Crippen molar-refractivity contribution in [3.8, 4) is 39.1 Å². The molecule has 0 bridgehead atoms. The van der Waals surface area contributed by atoms with Crippen LogP contribution in [-0.2, 0) is 5.41 Å². The molecule has 0 spiro atoms. The minimum atomic E-state index is -0.570. The van der Waals surface area contributed by atoms with Gasteiger partial charge in [0.2, 0.25) is 0 Å². The lowest BCUT2D eigenvalue weighted by Gasteiger charge is -2.35. The Labute approximate surface area is 390 Å². The Morgan fingerprint density at radius 3 is 1.64 bits per heavy atom. The SMILES string of the molecule is c1ccc(-c2ccc(C3(c4ccccc4)c4ccccc4-c4ccc(N(c5ccccc5)c5ccc6c7ccc8ccccc8c7n(-c7ccccc7-c7ccccc7)c6c5)cc43)cc2)cc1. The molecule has 11 aromatic carbocycles. The Hall–Kier alpha value is -8.72. The highest BCUT2D eigenvalue weighted by atomic mass is 15.1. The fourth-order valence-electron chi connectivity index (χ4n) is 11.1. The fraction of sp³-hybridized carbons (Fsp3) is 0.0154. The maximum atomic E-state index is 2.51. The van der Waals surface area contributed by atoms with Crippen LogP contribution in [-0.4, -0.2) is 4.57 Å². The number of anilines is 3. The van der Waals surface area contributed by atoms with Gasteiger partial charge in [-0.25, -0.2) is 0 Å². The molecule has 0 N–H and O–H groups in total. The Balaban J connectivity index is 1.07. The molecular weight excluding hydrogens is 809 g/mol. The molecule has 2 nitrogen and oxygen atoms in total. The average Bonchev–Trinajstić information content (AvgIpc) is 3.90. The minimum absolute atomic E-state index is 0.570. The summed E-state index contributed by atoms with van der Waals surface area (Å²) >= 11 is 0. The summed E-state index contributed by atoms with van der Waals surface area (Å²) < 4.78 is 2.51. The van der Waals surface area contributed by atoms with Crippen molar-refractivity contribution in [2.45, 2.75) is 5.41 Å². The summed E-state index contributed by atoms with van der Waals surface area (Å²) in [5.74, 6) is 0. The van der Waals surface area contributed by atoms with E-state index in [9.17, 15) is 0 Å². The standard InChI is InChI=1S/C65H44N2/c1-5-19-45(20-6-1)46-33-36-50(37-34-46)65(49-24-9-3-10-25-49)60-31-17-15-30-56(60)57-41-38-52(43-61(57)65)66(51-26-11-4-12-27-51)53-39-42-58-59-40-35-48-23-13-14-29-55(48)64(59)67(63(58)44-53)62-32-18-16-28-54(62)47-21-7-2-8-22-47/h1-44H. The second-order valence-corrected chi connectivity index (χ2v) is 17.6. The van der Waals surface area contributed by atoms with Crippen molar-refractivity contribution in [1.29, 1.82) is 0 Å². The molecule has 0 aliphatic heterocycles. The molecule has 1 heterocycles. The fourth-order valence-corrected chi connectivity index (χ4v) is 11.1. The van der Waals surface area contributed by atoms with E-state index in [4.69, 9.17) is 0 Å². The second kappa shape index (κ2) is 15.8. The maximum Gasteiger partial charge on any atom is 0.0714 e. The monoisotopic (exact) mass is 852 g/mol. The molecule has 0 saturated carbocycles. The largest absolute Gasteiger partial charge is 0.310 e. The van der Waals surface area contributed by atoms with E-state index in [1.54, 1.807) is 0 Å². The maximum absolute atomic E-state index is 2.51. The van der Waals surface area contributed by atoms with Crippen LogP contribution in [0.1, 0.15) is 22.3 Å². The van der Waals surface area contributed by atoms with Gasteiger partial charge in [-0.3, -0.25) is 0 Å². The van der Waals surface area contributed by atoms with Crippen molar-refractivity contribution in [2.75, 3.05) is 4.90 Å². The number of hydrogen-bond donors (Lipinski definition) is 0. The van der Waals surface area contributed by atoms with Crippen LogP contribution in [0, 0.1) is 0 Å². The van der Waals surface area contributed by atoms with Gasteiger partial charge in [-0.2, -0.15) is 0 Å². The lowest BCUT2D eigenvalue weighted by molar-refractivity contribution is 0.768. The van der Waals surface area contributed by atoms with Crippen LogP contribution in [0.4, 0.5) is 17.1 Å². The van der Waals surface area contributed by atoms with E-state index >= 15 is 0 Å². The van der Waals surface area contributed by atoms with Gasteiger partial charge in [0, 0.05) is 38.8 Å². The van der Waals surface area contributed by atoms with Gasteiger partial charge < -0.3 is 9.47 Å². The van der Waals surface area contributed by atoms with E-state index in [1.807, 2.05) is 0 Å². The predicted octanol–water partition coefficient (Wildman–Crippen LogP) is 17.1. The van der Waals surface area contributed by atoms with Gasteiger partial charge in [0.15, 0.2) is 0 Å². The molecule has 13 rings (SSSR count). The first-order valence-corrected chi connectivity index (χ1v) is 23.2. The number of para-hydroxylation sites is 2. The van der Waals surface area contributed by atoms with Crippen molar-refractivity contribution in [2.24, 2.45) is 0 Å². The van der Waals surface area contributed by atoms with Crippen molar-refractivity contribution >= 4 is 49.6 Å². The number of nitrogens with zero attached hydrogens (tertiary/aromatic N) is 2. The van der Waals surface area contributed by atoms with Gasteiger partial charge in [0.05, 0.1) is 22.1 Å². The van der Waals surface area contributed by atoms with E-state index in [-0.39, 0.29) is 0 Å². The van der Waals surface area contributed by atoms with Crippen LogP contribution in [0.2, 0.25) is 0 Å². The molecule has 1 atom stereocenters. The smallest absolute Gasteiger partial charge is 0.0714 e. The summed E-state index contributed by atoms with van der Waals surface area (Å²) in [5.41, 5.74) is 18.6. The number of benzene rings is 11. The zero-order valence-corrected chi connectivity index (χ0v) is 36.8. The highest BCUT2D eigenvalue weighted by Gasteiger charge is 2.46. The highest BCUT2D eigenvalue weighted by Crippen LogP contribution is 2.57. The lowest BCUT2D eigenvalue weighted by atomic mass is 9.67. The first-order chi connectivity index (χ1) is 33.3. The molecule has 2 heteroatoms. The van der Waals surface area contributed by atoms with Crippen LogP contribution in [0.15, 0.2) is 267 Å². The molecule has 1 unspecified atom stereocenters. The molecule has 0 saturated heterocycles. The quantitative estimate of drug-likeness (QED) is 0.148. The summed E-state index contributed by atoms with van der Waals surface area (Å²) in [7, 11) is 0. The lowest BCUT2D eigenvalue weighted by Crippen LogP contribution is -2.28. The summed E-state index contributed by atoms with van der Waals surface area (Å²) in [5, 5.41) is 4.90. The first-order valence-electron chi connectivity index (χ1n) is 23.2. The average molecular weight is 853 g/mol. The Morgan fingerprint density at radius 2 is 0.866 bits per heavy atom. The van der Waals surface area contributed by atoms with E-state index in [0.29, 0.717) is 0 Å². The Kier molecular flexibility index (Phi) is 9.11. The molecular formula is C65H44N2. The molecule has 1 aliphatic rings. The number of fused-ring (bicyclic) bond motifs is 8. The third-order valence-corrected chi connectivity index (χ3v) is 14.1. The van der Waals surface area contributed by atoms with Gasteiger partial charge in [-0.1, -0.05) is 224 Å². The molecule has 0 fully saturated rings. The number of hydrogen-bond acceptors (Lipinski definition) is 1. The molecule has 1 aromatic heterocycles. The molecule has 1 aliphatic carbocycles. The van der Waals surface area contributed by atoms with Gasteiger partial charge in [-0.05, 0) is 97.9 Å². The Morgan fingerprint density at radius 1 is 0.313 bits per heavy atom. The zero-order valence-electron chi connectivity index (χ0n) is 36.8. The van der Waals surface area contributed by atoms with Gasteiger partial charge in [0.25, 0.3) is 0 Å². The zero-order chi connectivity index (χ0) is 44.3. The van der Waals surface area contributed by atoms with Gasteiger partial charge in [-0.15, -0.1) is 0 Å². The highest BCUT2D eigenvalue weighted by molar-refractivity contribution is 6.19. The summed E-state index contributed by atoms with van der Waals surface area (Å²) in [6.07, 6.45) is 0. The number of aromatic nitrogens is 1. The molecule has 12 aromatic rings. The van der Waals surface area contributed by atoms with E-state index in [2.05, 4.69) is 276 Å². The van der Waals surface area contributed by atoms with Gasteiger partial charge in [0.1, 0.15) is 0 Å². The van der Waals surface area contributed by atoms with Crippen LogP contribution in [0.25, 0.3) is 71.6 Å². The van der Waals surface area contributed by atoms with Crippen LogP contribution in [0.3, 0.4) is 0 Å².